The number of ether oxygens (including phenoxy) is 2. The molecule has 3 nitrogen and oxygen atoms in total. The van der Waals surface area contributed by atoms with Crippen molar-refractivity contribution in [3.8, 4) is 5.75 Å². The van der Waals surface area contributed by atoms with Gasteiger partial charge in [0.05, 0.1) is 13.2 Å². The van der Waals surface area contributed by atoms with Crippen LogP contribution in [0, 0.1) is 0 Å². The summed E-state index contributed by atoms with van der Waals surface area (Å²) >= 11 is 0. The predicted molar refractivity (Wildman–Crippen MR) is 85.5 cm³/mol. The first-order valence-electron chi connectivity index (χ1n) is 7.30. The zero-order valence-corrected chi connectivity index (χ0v) is 12.7. The molecule has 2 atom stereocenters. The van der Waals surface area contributed by atoms with Gasteiger partial charge in [0.15, 0.2) is 0 Å². The highest BCUT2D eigenvalue weighted by atomic mass is 16.5. The number of para-hydroxylation sites is 1. The molecule has 0 fully saturated rings. The average Bonchev–Trinajstić information content (AvgIpc) is 2.53. The van der Waals surface area contributed by atoms with Gasteiger partial charge in [0.2, 0.25) is 0 Å². The molecule has 0 aliphatic heterocycles. The third kappa shape index (κ3) is 4.06. The molecular weight excluding hydrogens is 262 g/mol. The van der Waals surface area contributed by atoms with Gasteiger partial charge >= 0.3 is 0 Å². The monoisotopic (exact) mass is 285 g/mol. The van der Waals surface area contributed by atoms with Crippen LogP contribution in [0.4, 0.5) is 0 Å². The summed E-state index contributed by atoms with van der Waals surface area (Å²) in [4.78, 5) is 0. The fraction of sp³-hybridized carbons (Fsp3) is 0.333. The van der Waals surface area contributed by atoms with Crippen LogP contribution in [0.15, 0.2) is 54.6 Å². The molecule has 2 unspecified atom stereocenters. The summed E-state index contributed by atoms with van der Waals surface area (Å²) in [5.74, 6) is 0.872. The van der Waals surface area contributed by atoms with Gasteiger partial charge in [-0.1, -0.05) is 48.5 Å². The lowest BCUT2D eigenvalue weighted by Gasteiger charge is -2.25. The summed E-state index contributed by atoms with van der Waals surface area (Å²) in [6.07, 6.45) is 0.602. The van der Waals surface area contributed by atoms with Crippen LogP contribution in [-0.4, -0.2) is 19.8 Å². The highest BCUT2D eigenvalue weighted by Gasteiger charge is 2.21. The number of benzene rings is 2. The molecule has 21 heavy (non-hydrogen) atoms. The Bertz CT molecular complexity index is 542. The van der Waals surface area contributed by atoms with Crippen LogP contribution in [0.1, 0.15) is 24.2 Å². The van der Waals surface area contributed by atoms with Crippen LogP contribution in [0.2, 0.25) is 0 Å². The summed E-state index contributed by atoms with van der Waals surface area (Å²) in [7, 11) is 1.68. The van der Waals surface area contributed by atoms with Gasteiger partial charge in [-0.25, -0.2) is 0 Å². The molecule has 0 radical (unpaired) electrons. The third-order valence-electron chi connectivity index (χ3n) is 3.51. The van der Waals surface area contributed by atoms with Crippen molar-refractivity contribution in [3.05, 3.63) is 65.7 Å². The third-order valence-corrected chi connectivity index (χ3v) is 3.51. The van der Waals surface area contributed by atoms with Crippen molar-refractivity contribution in [1.82, 2.24) is 0 Å². The molecule has 0 aliphatic carbocycles. The zero-order valence-electron chi connectivity index (χ0n) is 12.7. The van der Waals surface area contributed by atoms with Gasteiger partial charge in [-0.05, 0) is 30.5 Å². The van der Waals surface area contributed by atoms with Crippen molar-refractivity contribution in [2.75, 3.05) is 13.7 Å². The van der Waals surface area contributed by atoms with Crippen molar-refractivity contribution < 1.29 is 9.47 Å². The highest BCUT2D eigenvalue weighted by molar-refractivity contribution is 5.34. The quantitative estimate of drug-likeness (QED) is 0.848. The van der Waals surface area contributed by atoms with Crippen LogP contribution < -0.4 is 10.5 Å². The van der Waals surface area contributed by atoms with Gasteiger partial charge in [-0.3, -0.25) is 0 Å². The molecular formula is C18H23NO2. The van der Waals surface area contributed by atoms with Gasteiger partial charge in [0, 0.05) is 12.6 Å². The van der Waals surface area contributed by atoms with Gasteiger partial charge in [-0.2, -0.15) is 0 Å². The Morgan fingerprint density at radius 1 is 1.00 bits per heavy atom. The number of rotatable bonds is 7. The molecule has 0 saturated carbocycles. The standard InChI is InChI=1S/C18H23NO2/c1-3-21-18(14-9-5-4-6-10-14)16(19)13-15-11-7-8-12-17(15)20-2/h4-12,16,18H,3,13,19H2,1-2H3. The van der Waals surface area contributed by atoms with Crippen molar-refractivity contribution in [2.24, 2.45) is 5.73 Å². The maximum atomic E-state index is 6.41. The molecule has 0 bridgehead atoms. The van der Waals surface area contributed by atoms with Gasteiger partial charge < -0.3 is 15.2 Å². The minimum atomic E-state index is -0.122. The lowest BCUT2D eigenvalue weighted by Crippen LogP contribution is -2.32. The Morgan fingerprint density at radius 2 is 1.67 bits per heavy atom. The Hall–Kier alpha value is -1.84. The molecule has 2 aromatic rings. The second kappa shape index (κ2) is 7.81. The first-order valence-corrected chi connectivity index (χ1v) is 7.30. The van der Waals surface area contributed by atoms with Crippen LogP contribution in [0.5, 0.6) is 5.75 Å². The van der Waals surface area contributed by atoms with Gasteiger partial charge in [0.25, 0.3) is 0 Å². The van der Waals surface area contributed by atoms with Crippen LogP contribution in [0.3, 0.4) is 0 Å². The molecule has 0 heterocycles. The van der Waals surface area contributed by atoms with Gasteiger partial charge in [-0.15, -0.1) is 0 Å². The van der Waals surface area contributed by atoms with E-state index < -0.39 is 0 Å². The fourth-order valence-corrected chi connectivity index (χ4v) is 2.52. The van der Waals surface area contributed by atoms with Crippen LogP contribution >= 0.6 is 0 Å². The number of methoxy groups -OCH3 is 1. The number of hydrogen-bond donors (Lipinski definition) is 1. The maximum absolute atomic E-state index is 6.41. The molecule has 0 aliphatic rings. The normalized spacial score (nSPS) is 13.7. The lowest BCUT2D eigenvalue weighted by molar-refractivity contribution is 0.0432. The zero-order chi connectivity index (χ0) is 15.1. The Morgan fingerprint density at radius 3 is 2.33 bits per heavy atom. The predicted octanol–water partition coefficient (Wildman–Crippen LogP) is 3.34. The van der Waals surface area contributed by atoms with Crippen molar-refractivity contribution in [3.63, 3.8) is 0 Å². The van der Waals surface area contributed by atoms with E-state index in [9.17, 15) is 0 Å². The van der Waals surface area contributed by atoms with E-state index in [-0.39, 0.29) is 12.1 Å². The van der Waals surface area contributed by atoms with Crippen molar-refractivity contribution in [1.29, 1.82) is 0 Å². The lowest BCUT2D eigenvalue weighted by atomic mass is 9.96. The molecule has 3 heteroatoms. The molecule has 0 spiro atoms. The summed E-state index contributed by atoms with van der Waals surface area (Å²) in [6, 6.07) is 18.0. The topological polar surface area (TPSA) is 44.5 Å². The van der Waals surface area contributed by atoms with Crippen molar-refractivity contribution in [2.45, 2.75) is 25.5 Å². The van der Waals surface area contributed by atoms with E-state index in [1.807, 2.05) is 49.4 Å². The van der Waals surface area contributed by atoms with Gasteiger partial charge in [0.1, 0.15) is 5.75 Å². The Labute approximate surface area is 126 Å². The van der Waals surface area contributed by atoms with E-state index in [0.29, 0.717) is 13.0 Å². The summed E-state index contributed by atoms with van der Waals surface area (Å²) in [5.41, 5.74) is 8.63. The maximum Gasteiger partial charge on any atom is 0.122 e. The minimum absolute atomic E-state index is 0.110. The number of nitrogens with two attached hydrogens (primary N) is 1. The van der Waals surface area contributed by atoms with E-state index in [1.54, 1.807) is 7.11 Å². The minimum Gasteiger partial charge on any atom is -0.496 e. The van der Waals surface area contributed by atoms with E-state index in [2.05, 4.69) is 12.1 Å². The molecule has 2 rings (SSSR count). The highest BCUT2D eigenvalue weighted by Crippen LogP contribution is 2.25. The van der Waals surface area contributed by atoms with Crippen LogP contribution in [0.25, 0.3) is 0 Å². The van der Waals surface area contributed by atoms with Crippen molar-refractivity contribution >= 4 is 0 Å². The largest absolute Gasteiger partial charge is 0.496 e. The van der Waals surface area contributed by atoms with E-state index in [1.165, 1.54) is 0 Å². The first-order chi connectivity index (χ1) is 10.3. The second-order valence-corrected chi connectivity index (χ2v) is 4.97. The van der Waals surface area contributed by atoms with E-state index in [0.717, 1.165) is 16.9 Å². The molecule has 0 aromatic heterocycles. The Balaban J connectivity index is 2.17. The molecule has 112 valence electrons. The fourth-order valence-electron chi connectivity index (χ4n) is 2.52. The first kappa shape index (κ1) is 15.5. The molecule has 0 saturated heterocycles. The summed E-state index contributed by atoms with van der Waals surface area (Å²) in [6.45, 7) is 2.63. The number of hydrogen-bond acceptors (Lipinski definition) is 3. The second-order valence-electron chi connectivity index (χ2n) is 4.97. The van der Waals surface area contributed by atoms with E-state index >= 15 is 0 Å². The smallest absolute Gasteiger partial charge is 0.122 e. The average molecular weight is 285 g/mol. The summed E-state index contributed by atoms with van der Waals surface area (Å²) < 4.78 is 11.3. The molecule has 2 N–H and O–H groups in total. The van der Waals surface area contributed by atoms with Crippen LogP contribution in [-0.2, 0) is 11.2 Å². The molecule has 2 aromatic carbocycles. The van der Waals surface area contributed by atoms with E-state index in [4.69, 9.17) is 15.2 Å². The SMILES string of the molecule is CCOC(c1ccccc1)C(N)Cc1ccccc1OC. The molecule has 0 amide bonds. The summed E-state index contributed by atoms with van der Waals surface area (Å²) in [5, 5.41) is 0. The Kier molecular flexibility index (Phi) is 5.78.